The van der Waals surface area contributed by atoms with E-state index < -0.39 is 0 Å². The predicted molar refractivity (Wildman–Crippen MR) is 101 cm³/mol. The molecular weight excluding hydrogens is 312 g/mol. The summed E-state index contributed by atoms with van der Waals surface area (Å²) in [6, 6.07) is 11.2. The smallest absolute Gasteiger partial charge is 0.176 e. The first-order valence-corrected chi connectivity index (χ1v) is 8.83. The third-order valence-electron chi connectivity index (χ3n) is 5.04. The van der Waals surface area contributed by atoms with Crippen molar-refractivity contribution in [2.75, 3.05) is 10.6 Å². The Labute approximate surface area is 147 Å². The lowest BCUT2D eigenvalue weighted by Gasteiger charge is -2.37. The van der Waals surface area contributed by atoms with Crippen molar-refractivity contribution in [3.8, 4) is 0 Å². The molecule has 6 nitrogen and oxygen atoms in total. The molecule has 4 rings (SSSR count). The van der Waals surface area contributed by atoms with Crippen molar-refractivity contribution in [3.63, 3.8) is 0 Å². The number of hydrogen-bond donors (Lipinski definition) is 2. The van der Waals surface area contributed by atoms with Gasteiger partial charge in [0.25, 0.3) is 0 Å². The van der Waals surface area contributed by atoms with E-state index in [1.165, 1.54) is 5.56 Å². The van der Waals surface area contributed by atoms with Crippen LogP contribution in [-0.2, 0) is 0 Å². The average molecular weight is 336 g/mol. The van der Waals surface area contributed by atoms with Crippen molar-refractivity contribution < 1.29 is 0 Å². The van der Waals surface area contributed by atoms with Crippen molar-refractivity contribution in [3.05, 3.63) is 48.3 Å². The molecule has 0 saturated heterocycles. The topological polar surface area (TPSA) is 85.5 Å². The van der Waals surface area contributed by atoms with Crippen molar-refractivity contribution in [2.24, 2.45) is 5.73 Å². The minimum Gasteiger partial charge on any atom is -0.396 e. The number of aromatic nitrogens is 3. The van der Waals surface area contributed by atoms with Crippen LogP contribution in [0.25, 0.3) is 5.65 Å². The fourth-order valence-electron chi connectivity index (χ4n) is 3.64. The molecule has 0 aliphatic heterocycles. The van der Waals surface area contributed by atoms with Gasteiger partial charge in [-0.2, -0.15) is 0 Å². The maximum Gasteiger partial charge on any atom is 0.176 e. The number of imidazole rings is 1. The molecule has 1 aliphatic carbocycles. The molecule has 25 heavy (non-hydrogen) atoms. The zero-order valence-electron chi connectivity index (χ0n) is 14.5. The van der Waals surface area contributed by atoms with Crippen molar-refractivity contribution in [1.29, 1.82) is 0 Å². The summed E-state index contributed by atoms with van der Waals surface area (Å²) < 4.78 is 1.75. The van der Waals surface area contributed by atoms with Crippen LogP contribution in [0.3, 0.4) is 0 Å². The van der Waals surface area contributed by atoms with Crippen molar-refractivity contribution >= 4 is 22.8 Å². The van der Waals surface area contributed by atoms with Gasteiger partial charge < -0.3 is 16.4 Å². The van der Waals surface area contributed by atoms with Gasteiger partial charge in [-0.15, -0.1) is 5.10 Å². The molecule has 4 N–H and O–H groups in total. The number of fused-ring (bicyclic) bond motifs is 1. The highest BCUT2D eigenvalue weighted by Crippen LogP contribution is 2.34. The molecule has 0 amide bonds. The highest BCUT2D eigenvalue weighted by molar-refractivity contribution is 5.71. The van der Waals surface area contributed by atoms with E-state index in [-0.39, 0.29) is 0 Å². The van der Waals surface area contributed by atoms with Crippen molar-refractivity contribution in [2.45, 2.75) is 44.7 Å². The number of anilines is 3. The van der Waals surface area contributed by atoms with E-state index in [9.17, 15) is 0 Å². The highest BCUT2D eigenvalue weighted by Gasteiger charge is 2.27. The maximum absolute atomic E-state index is 6.22. The number of hydrogen-bond acceptors (Lipinski definition) is 5. The second-order valence-corrected chi connectivity index (χ2v) is 6.93. The number of rotatable bonds is 3. The Morgan fingerprint density at radius 2 is 1.84 bits per heavy atom. The number of benzene rings is 1. The summed E-state index contributed by atoms with van der Waals surface area (Å²) in [6.07, 6.45) is 7.74. The molecule has 0 atom stereocenters. The fourth-order valence-corrected chi connectivity index (χ4v) is 3.64. The summed E-state index contributed by atoms with van der Waals surface area (Å²) in [7, 11) is 0. The number of aryl methyl sites for hydroxylation is 1. The van der Waals surface area contributed by atoms with E-state index in [2.05, 4.69) is 41.1 Å². The minimum atomic E-state index is 0.310. The molecule has 3 aromatic rings. The molecular formula is C19H24N6. The Kier molecular flexibility index (Phi) is 4.05. The zero-order valence-corrected chi connectivity index (χ0v) is 14.5. The molecule has 1 fully saturated rings. The lowest BCUT2D eigenvalue weighted by molar-refractivity contribution is 0.389. The summed E-state index contributed by atoms with van der Waals surface area (Å²) >= 11 is 0. The summed E-state index contributed by atoms with van der Waals surface area (Å²) in [6.45, 7) is 2.10. The normalized spacial score (nSPS) is 20.7. The molecule has 0 unspecified atom stereocenters. The molecule has 0 spiro atoms. The largest absolute Gasteiger partial charge is 0.396 e. The second kappa shape index (κ2) is 6.37. The molecule has 130 valence electrons. The average Bonchev–Trinajstić information content (AvgIpc) is 3.08. The van der Waals surface area contributed by atoms with E-state index >= 15 is 0 Å². The van der Waals surface area contributed by atoms with Gasteiger partial charge in [0.05, 0.1) is 5.69 Å². The SMILES string of the molecule is Cc1ccc(N(c2cc(N)c3nccn3n2)C2CCC(N)CC2)cc1. The van der Waals surface area contributed by atoms with Crippen molar-refractivity contribution in [1.82, 2.24) is 14.6 Å². The van der Waals surface area contributed by atoms with Crippen LogP contribution >= 0.6 is 0 Å². The first-order chi connectivity index (χ1) is 12.1. The predicted octanol–water partition coefficient (Wildman–Crippen LogP) is 3.03. The zero-order chi connectivity index (χ0) is 17.4. The summed E-state index contributed by atoms with van der Waals surface area (Å²) in [5.41, 5.74) is 16.0. The van der Waals surface area contributed by atoms with Crippen LogP contribution in [0.4, 0.5) is 17.2 Å². The number of nitrogens with zero attached hydrogens (tertiary/aromatic N) is 4. The Bertz CT molecular complexity index is 861. The van der Waals surface area contributed by atoms with E-state index in [0.29, 0.717) is 23.4 Å². The molecule has 6 heteroatoms. The third kappa shape index (κ3) is 3.05. The van der Waals surface area contributed by atoms with Gasteiger partial charge in [0.15, 0.2) is 11.5 Å². The van der Waals surface area contributed by atoms with Crippen LogP contribution in [0.15, 0.2) is 42.7 Å². The molecule has 1 aliphatic rings. The monoisotopic (exact) mass is 336 g/mol. The van der Waals surface area contributed by atoms with Gasteiger partial charge in [-0.25, -0.2) is 9.50 Å². The Hall–Kier alpha value is -2.60. The van der Waals surface area contributed by atoms with E-state index in [1.54, 1.807) is 10.7 Å². The first-order valence-electron chi connectivity index (χ1n) is 8.83. The van der Waals surface area contributed by atoms with Crippen LogP contribution in [0.5, 0.6) is 0 Å². The summed E-state index contributed by atoms with van der Waals surface area (Å²) in [5, 5.41) is 4.76. The van der Waals surface area contributed by atoms with Gasteiger partial charge in [0, 0.05) is 36.2 Å². The molecule has 2 aromatic heterocycles. The van der Waals surface area contributed by atoms with Gasteiger partial charge >= 0.3 is 0 Å². The molecule has 0 bridgehead atoms. The minimum absolute atomic E-state index is 0.310. The molecule has 1 aromatic carbocycles. The van der Waals surface area contributed by atoms with Gasteiger partial charge in [-0.1, -0.05) is 17.7 Å². The maximum atomic E-state index is 6.22. The molecule has 0 radical (unpaired) electrons. The first kappa shape index (κ1) is 15.9. The third-order valence-corrected chi connectivity index (χ3v) is 5.04. The second-order valence-electron chi connectivity index (χ2n) is 6.93. The van der Waals surface area contributed by atoms with E-state index in [1.807, 2.05) is 12.3 Å². The van der Waals surface area contributed by atoms with E-state index in [0.717, 1.165) is 37.2 Å². The summed E-state index contributed by atoms with van der Waals surface area (Å²) in [4.78, 5) is 6.57. The van der Waals surface area contributed by atoms with Gasteiger partial charge in [-0.3, -0.25) is 0 Å². The molecule has 1 saturated carbocycles. The van der Waals surface area contributed by atoms with Crippen LogP contribution in [-0.4, -0.2) is 26.7 Å². The van der Waals surface area contributed by atoms with Gasteiger partial charge in [0.2, 0.25) is 0 Å². The van der Waals surface area contributed by atoms with Gasteiger partial charge in [-0.05, 0) is 44.7 Å². The van der Waals surface area contributed by atoms with Crippen LogP contribution < -0.4 is 16.4 Å². The number of nitrogens with two attached hydrogens (primary N) is 2. The van der Waals surface area contributed by atoms with Crippen LogP contribution in [0, 0.1) is 6.92 Å². The highest BCUT2D eigenvalue weighted by atomic mass is 15.3. The Morgan fingerprint density at radius 1 is 1.12 bits per heavy atom. The lowest BCUT2D eigenvalue weighted by Crippen LogP contribution is -2.39. The van der Waals surface area contributed by atoms with E-state index in [4.69, 9.17) is 16.6 Å². The number of nitrogen functional groups attached to an aromatic ring is 1. The van der Waals surface area contributed by atoms with Gasteiger partial charge in [0.1, 0.15) is 0 Å². The lowest BCUT2D eigenvalue weighted by atomic mass is 9.90. The van der Waals surface area contributed by atoms with Crippen LogP contribution in [0.1, 0.15) is 31.2 Å². The Morgan fingerprint density at radius 3 is 2.56 bits per heavy atom. The molecule has 2 heterocycles. The fraction of sp³-hybridized carbons (Fsp3) is 0.368. The van der Waals surface area contributed by atoms with Crippen LogP contribution in [0.2, 0.25) is 0 Å². The Balaban J connectivity index is 1.79. The standard InChI is InChI=1S/C19H24N6/c1-13-2-6-15(7-3-13)25(16-8-4-14(20)5-9-16)18-12-17(21)19-22-10-11-24(19)23-18/h2-3,6-7,10-12,14,16H,4-5,8-9,20-21H2,1H3. The quantitative estimate of drug-likeness (QED) is 0.768. The summed E-state index contributed by atoms with van der Waals surface area (Å²) in [5.74, 6) is 0.854.